The first-order valence-corrected chi connectivity index (χ1v) is 13.9. The molecule has 12 N–H and O–H groups in total. The number of hydrogen-bond donors (Lipinski definition) is 9. The first-order valence-electron chi connectivity index (χ1n) is 12.5. The molecule has 220 valence electrons. The topological polar surface area (TPSA) is 272 Å². The fourth-order valence-electron chi connectivity index (χ4n) is 3.64. The molecule has 0 radical (unpaired) electrons. The number of aliphatic imine (C=N–C) groups is 1. The molecule has 0 saturated heterocycles. The van der Waals surface area contributed by atoms with E-state index in [-0.39, 0.29) is 38.2 Å². The summed E-state index contributed by atoms with van der Waals surface area (Å²) in [5.41, 5.74) is 17.9. The second-order valence-electron chi connectivity index (χ2n) is 8.92. The molecule has 40 heavy (non-hydrogen) atoms. The van der Waals surface area contributed by atoms with Crippen LogP contribution in [0.1, 0.15) is 30.7 Å². The van der Waals surface area contributed by atoms with Crippen LogP contribution in [0.25, 0.3) is 0 Å². The lowest BCUT2D eigenvalue weighted by atomic mass is 10.1. The Kier molecular flexibility index (Phi) is 13.4. The number of amides is 3. The van der Waals surface area contributed by atoms with Gasteiger partial charge in [-0.3, -0.25) is 19.4 Å². The molecule has 0 aliphatic heterocycles. The van der Waals surface area contributed by atoms with Crippen molar-refractivity contribution in [3.8, 4) is 0 Å². The van der Waals surface area contributed by atoms with Crippen LogP contribution in [0.5, 0.6) is 0 Å². The van der Waals surface area contributed by atoms with Crippen LogP contribution in [-0.2, 0) is 32.0 Å². The fraction of sp³-hybridized carbons (Fsp3) is 0.522. The Morgan fingerprint density at radius 2 is 1.48 bits per heavy atom. The molecule has 2 aromatic heterocycles. The number of carboxylic acid groups (broad SMARTS) is 1. The van der Waals surface area contributed by atoms with Crippen molar-refractivity contribution in [3.63, 3.8) is 0 Å². The quantitative estimate of drug-likeness (QED) is 0.0509. The van der Waals surface area contributed by atoms with Gasteiger partial charge < -0.3 is 48.2 Å². The third-order valence-electron chi connectivity index (χ3n) is 5.75. The zero-order valence-corrected chi connectivity index (χ0v) is 22.9. The molecule has 0 bridgehead atoms. The highest BCUT2D eigenvalue weighted by molar-refractivity contribution is 7.98. The van der Waals surface area contributed by atoms with Crippen LogP contribution in [0.15, 0.2) is 30.0 Å². The number of nitrogens with two attached hydrogens (primary N) is 3. The number of H-pyrrole nitrogens is 2. The number of carboxylic acids is 1. The van der Waals surface area contributed by atoms with E-state index in [2.05, 4.69) is 40.9 Å². The zero-order valence-electron chi connectivity index (χ0n) is 22.1. The summed E-state index contributed by atoms with van der Waals surface area (Å²) in [5.74, 6) is -2.71. The van der Waals surface area contributed by atoms with Gasteiger partial charge in [-0.15, -0.1) is 0 Å². The molecule has 0 saturated carbocycles. The SMILES string of the molecule is CSCCC(NC(=O)C(N)Cc1cnc[nH]1)C(=O)NC(CCCN=C(N)N)C(=O)NC(Cc1cnc[nH]1)C(=O)O. The molecule has 4 atom stereocenters. The van der Waals surface area contributed by atoms with Crippen LogP contribution in [0.3, 0.4) is 0 Å². The highest BCUT2D eigenvalue weighted by Crippen LogP contribution is 2.07. The molecule has 0 spiro atoms. The van der Waals surface area contributed by atoms with Gasteiger partial charge in [-0.2, -0.15) is 11.8 Å². The fourth-order valence-corrected chi connectivity index (χ4v) is 4.11. The number of rotatable bonds is 18. The second-order valence-corrected chi connectivity index (χ2v) is 9.91. The predicted molar refractivity (Wildman–Crippen MR) is 149 cm³/mol. The van der Waals surface area contributed by atoms with Crippen molar-refractivity contribution in [3.05, 3.63) is 36.4 Å². The van der Waals surface area contributed by atoms with Gasteiger partial charge in [0, 0.05) is 43.2 Å². The third kappa shape index (κ3) is 11.3. The number of nitrogens with one attached hydrogen (secondary N) is 5. The molecule has 17 heteroatoms. The van der Waals surface area contributed by atoms with Crippen molar-refractivity contribution in [1.82, 2.24) is 35.9 Å². The van der Waals surface area contributed by atoms with E-state index in [1.807, 2.05) is 6.26 Å². The summed E-state index contributed by atoms with van der Waals surface area (Å²) in [5, 5.41) is 17.4. The van der Waals surface area contributed by atoms with Crippen LogP contribution < -0.4 is 33.2 Å². The Bertz CT molecular complexity index is 1110. The summed E-state index contributed by atoms with van der Waals surface area (Å²) in [6.45, 7) is 0.188. The van der Waals surface area contributed by atoms with E-state index in [4.69, 9.17) is 17.2 Å². The van der Waals surface area contributed by atoms with Gasteiger partial charge in [0.2, 0.25) is 17.7 Å². The minimum Gasteiger partial charge on any atom is -0.480 e. The molecule has 0 aromatic carbocycles. The predicted octanol–water partition coefficient (Wildman–Crippen LogP) is -2.41. The van der Waals surface area contributed by atoms with Gasteiger partial charge in [0.1, 0.15) is 18.1 Å². The van der Waals surface area contributed by atoms with Gasteiger partial charge >= 0.3 is 5.97 Å². The molecule has 0 fully saturated rings. The van der Waals surface area contributed by atoms with Gasteiger partial charge in [0.25, 0.3) is 0 Å². The van der Waals surface area contributed by atoms with Crippen molar-refractivity contribution in [2.24, 2.45) is 22.2 Å². The lowest BCUT2D eigenvalue weighted by Crippen LogP contribution is -2.57. The molecule has 2 aromatic rings. The van der Waals surface area contributed by atoms with E-state index >= 15 is 0 Å². The highest BCUT2D eigenvalue weighted by atomic mass is 32.2. The maximum absolute atomic E-state index is 13.3. The Hall–Kier alpha value is -4.12. The second kappa shape index (κ2) is 16.8. The van der Waals surface area contributed by atoms with Gasteiger partial charge in [0.05, 0.1) is 18.7 Å². The van der Waals surface area contributed by atoms with E-state index in [1.165, 1.54) is 30.6 Å². The number of aromatic nitrogens is 4. The average molecular weight is 580 g/mol. The largest absolute Gasteiger partial charge is 0.480 e. The molecule has 16 nitrogen and oxygen atoms in total. The lowest BCUT2D eigenvalue weighted by Gasteiger charge is -2.25. The zero-order chi connectivity index (χ0) is 29.5. The Labute approximate surface area is 235 Å². The Balaban J connectivity index is 2.13. The summed E-state index contributed by atoms with van der Waals surface area (Å²) >= 11 is 1.48. The van der Waals surface area contributed by atoms with Crippen LogP contribution in [0.4, 0.5) is 0 Å². The number of aromatic amines is 2. The van der Waals surface area contributed by atoms with Crippen LogP contribution in [0.2, 0.25) is 0 Å². The van der Waals surface area contributed by atoms with Crippen LogP contribution >= 0.6 is 11.8 Å². The highest BCUT2D eigenvalue weighted by Gasteiger charge is 2.30. The first kappa shape index (κ1) is 32.1. The Morgan fingerprint density at radius 3 is 2.00 bits per heavy atom. The summed E-state index contributed by atoms with van der Waals surface area (Å²) < 4.78 is 0. The standard InChI is InChI=1S/C23H37N11O5S/c1-40-6-4-17(32-19(35)15(24)7-13-9-27-11-30-13)21(37)33-16(3-2-5-29-23(25)26)20(36)34-18(22(38)39)8-14-10-28-12-31-14/h9-12,15-18H,2-8,24H2,1H3,(H,27,30)(H,28,31)(H,32,35)(H,33,37)(H,34,36)(H,38,39)(H4,25,26,29). The molecular weight excluding hydrogens is 542 g/mol. The van der Waals surface area contributed by atoms with Gasteiger partial charge in [0.15, 0.2) is 5.96 Å². The molecule has 0 aliphatic carbocycles. The number of nitrogens with zero attached hydrogens (tertiary/aromatic N) is 3. The van der Waals surface area contributed by atoms with E-state index in [1.54, 1.807) is 6.20 Å². The lowest BCUT2D eigenvalue weighted by molar-refractivity contribution is -0.142. The monoisotopic (exact) mass is 579 g/mol. The molecule has 4 unspecified atom stereocenters. The van der Waals surface area contributed by atoms with Gasteiger partial charge in [-0.05, 0) is 31.3 Å². The third-order valence-corrected chi connectivity index (χ3v) is 6.39. The summed E-state index contributed by atoms with van der Waals surface area (Å²) in [4.78, 5) is 68.3. The van der Waals surface area contributed by atoms with E-state index in [9.17, 15) is 24.3 Å². The smallest absolute Gasteiger partial charge is 0.326 e. The van der Waals surface area contributed by atoms with Gasteiger partial charge in [-0.1, -0.05) is 0 Å². The molecule has 0 aliphatic rings. The average Bonchev–Trinajstić information content (AvgIpc) is 3.61. The molecule has 2 rings (SSSR count). The van der Waals surface area contributed by atoms with Crippen molar-refractivity contribution in [2.45, 2.75) is 56.3 Å². The van der Waals surface area contributed by atoms with E-state index in [0.717, 1.165) is 0 Å². The summed E-state index contributed by atoms with van der Waals surface area (Å²) in [6, 6.07) is -4.33. The maximum atomic E-state index is 13.3. The van der Waals surface area contributed by atoms with E-state index in [0.29, 0.717) is 23.6 Å². The number of imidazole rings is 2. The summed E-state index contributed by atoms with van der Waals surface area (Å²) in [7, 11) is 0. The van der Waals surface area contributed by atoms with Crippen molar-refractivity contribution < 1.29 is 24.3 Å². The molecule has 3 amide bonds. The van der Waals surface area contributed by atoms with Crippen molar-refractivity contribution in [2.75, 3.05) is 18.6 Å². The number of guanidine groups is 1. The number of aliphatic carboxylic acids is 1. The number of carbonyl (C=O) groups is 4. The number of thioether (sulfide) groups is 1. The number of carbonyl (C=O) groups excluding carboxylic acids is 3. The van der Waals surface area contributed by atoms with Crippen molar-refractivity contribution >= 4 is 41.4 Å². The van der Waals surface area contributed by atoms with E-state index < -0.39 is 47.9 Å². The van der Waals surface area contributed by atoms with Crippen LogP contribution in [-0.4, -0.2) is 97.4 Å². The molecular formula is C23H37N11O5S. The maximum Gasteiger partial charge on any atom is 0.326 e. The normalized spacial score (nSPS) is 13.8. The molecule has 2 heterocycles. The van der Waals surface area contributed by atoms with Gasteiger partial charge in [-0.25, -0.2) is 14.8 Å². The first-order chi connectivity index (χ1) is 19.1. The minimum absolute atomic E-state index is 0.0453. The van der Waals surface area contributed by atoms with Crippen LogP contribution in [0, 0.1) is 0 Å². The number of hydrogen-bond acceptors (Lipinski definition) is 9. The summed E-state index contributed by atoms with van der Waals surface area (Å²) in [6.07, 6.45) is 8.55. The minimum atomic E-state index is -1.28. The van der Waals surface area contributed by atoms with Crippen molar-refractivity contribution in [1.29, 1.82) is 0 Å². The Morgan fingerprint density at radius 1 is 0.925 bits per heavy atom.